The van der Waals surface area contributed by atoms with Gasteiger partial charge in [-0.15, -0.1) is 11.8 Å². The lowest BCUT2D eigenvalue weighted by Crippen LogP contribution is -2.41. The zero-order valence-electron chi connectivity index (χ0n) is 12.9. The van der Waals surface area contributed by atoms with E-state index in [0.717, 1.165) is 24.4 Å². The molecule has 1 unspecified atom stereocenters. The van der Waals surface area contributed by atoms with Crippen molar-refractivity contribution >= 4 is 17.7 Å². The number of hydrogen-bond donors (Lipinski definition) is 2. The van der Waals surface area contributed by atoms with Gasteiger partial charge in [-0.1, -0.05) is 19.3 Å². The summed E-state index contributed by atoms with van der Waals surface area (Å²) >= 11 is 1.53. The van der Waals surface area contributed by atoms with Crippen molar-refractivity contribution in [1.29, 1.82) is 0 Å². The first-order valence-electron chi connectivity index (χ1n) is 8.01. The third-order valence-electron chi connectivity index (χ3n) is 4.11. The summed E-state index contributed by atoms with van der Waals surface area (Å²) in [7, 11) is 0. The lowest BCUT2D eigenvalue weighted by Gasteiger charge is -2.30. The molecule has 1 atom stereocenters. The Morgan fingerprint density at radius 1 is 1.45 bits per heavy atom. The van der Waals surface area contributed by atoms with E-state index in [1.165, 1.54) is 31.0 Å². The van der Waals surface area contributed by atoms with Crippen molar-refractivity contribution < 1.29 is 14.3 Å². The van der Waals surface area contributed by atoms with Gasteiger partial charge in [-0.2, -0.15) is 0 Å². The SMILES string of the molecule is O=C(/C=C/SCc1ccco1)NC(CCO)C1CCCCC1. The van der Waals surface area contributed by atoms with Crippen LogP contribution in [0.3, 0.4) is 0 Å². The Kier molecular flexibility index (Phi) is 7.60. The summed E-state index contributed by atoms with van der Waals surface area (Å²) in [5, 5.41) is 14.1. The quantitative estimate of drug-likeness (QED) is 0.719. The number of nitrogens with one attached hydrogen (secondary N) is 1. The van der Waals surface area contributed by atoms with Crippen molar-refractivity contribution in [3.8, 4) is 0 Å². The van der Waals surface area contributed by atoms with Gasteiger partial charge >= 0.3 is 0 Å². The number of rotatable bonds is 8. The summed E-state index contributed by atoms with van der Waals surface area (Å²) in [5.74, 6) is 2.06. The average Bonchev–Trinajstić information content (AvgIpc) is 3.05. The molecule has 1 saturated carbocycles. The van der Waals surface area contributed by atoms with Crippen LogP contribution in [0, 0.1) is 5.92 Å². The molecule has 22 heavy (non-hydrogen) atoms. The maximum atomic E-state index is 12.0. The molecule has 0 radical (unpaired) electrons. The van der Waals surface area contributed by atoms with Crippen LogP contribution in [0.1, 0.15) is 44.3 Å². The van der Waals surface area contributed by atoms with E-state index in [0.29, 0.717) is 12.3 Å². The Labute approximate surface area is 136 Å². The van der Waals surface area contributed by atoms with E-state index in [9.17, 15) is 9.90 Å². The van der Waals surface area contributed by atoms with Gasteiger partial charge in [-0.25, -0.2) is 0 Å². The predicted molar refractivity (Wildman–Crippen MR) is 89.4 cm³/mol. The largest absolute Gasteiger partial charge is 0.468 e. The van der Waals surface area contributed by atoms with Gasteiger partial charge in [0.2, 0.25) is 5.91 Å². The van der Waals surface area contributed by atoms with Crippen LogP contribution in [-0.2, 0) is 10.5 Å². The van der Waals surface area contributed by atoms with E-state index in [2.05, 4.69) is 5.32 Å². The summed E-state index contributed by atoms with van der Waals surface area (Å²) in [6.07, 6.45) is 9.93. The van der Waals surface area contributed by atoms with E-state index < -0.39 is 0 Å². The summed E-state index contributed by atoms with van der Waals surface area (Å²) in [5.41, 5.74) is 0. The minimum atomic E-state index is -0.0732. The molecule has 1 fully saturated rings. The smallest absolute Gasteiger partial charge is 0.244 e. The fourth-order valence-corrected chi connectivity index (χ4v) is 3.61. The highest BCUT2D eigenvalue weighted by atomic mass is 32.2. The summed E-state index contributed by atoms with van der Waals surface area (Å²) < 4.78 is 5.23. The highest BCUT2D eigenvalue weighted by molar-refractivity contribution is 8.01. The monoisotopic (exact) mass is 323 g/mol. The van der Waals surface area contributed by atoms with Crippen molar-refractivity contribution in [1.82, 2.24) is 5.32 Å². The zero-order chi connectivity index (χ0) is 15.6. The standard InChI is InChI=1S/C17H25NO3S/c19-10-8-16(14-5-2-1-3-6-14)18-17(20)9-12-22-13-15-7-4-11-21-15/h4,7,9,11-12,14,16,19H,1-3,5-6,8,10,13H2,(H,18,20)/b12-9+. The first-order chi connectivity index (χ1) is 10.8. The van der Waals surface area contributed by atoms with E-state index in [4.69, 9.17) is 4.42 Å². The maximum absolute atomic E-state index is 12.0. The molecule has 1 amide bonds. The molecular formula is C17H25NO3S. The molecule has 1 aromatic heterocycles. The van der Waals surface area contributed by atoms with Gasteiger partial charge in [-0.05, 0) is 42.7 Å². The highest BCUT2D eigenvalue weighted by Crippen LogP contribution is 2.27. The van der Waals surface area contributed by atoms with Gasteiger partial charge in [0.1, 0.15) is 5.76 Å². The first kappa shape index (κ1) is 17.2. The van der Waals surface area contributed by atoms with Crippen molar-refractivity contribution in [3.63, 3.8) is 0 Å². The summed E-state index contributed by atoms with van der Waals surface area (Å²) in [4.78, 5) is 12.0. The Morgan fingerprint density at radius 3 is 2.95 bits per heavy atom. The molecule has 0 aliphatic heterocycles. The second-order valence-corrected chi connectivity index (χ2v) is 6.61. The molecule has 5 heteroatoms. The van der Waals surface area contributed by atoms with Crippen LogP contribution < -0.4 is 5.32 Å². The number of amides is 1. The lowest BCUT2D eigenvalue weighted by molar-refractivity contribution is -0.117. The number of aliphatic hydroxyl groups excluding tert-OH is 1. The zero-order valence-corrected chi connectivity index (χ0v) is 13.7. The average molecular weight is 323 g/mol. The second kappa shape index (κ2) is 9.74. The topological polar surface area (TPSA) is 62.5 Å². The van der Waals surface area contributed by atoms with Gasteiger partial charge in [-0.3, -0.25) is 4.79 Å². The van der Waals surface area contributed by atoms with Crippen molar-refractivity contribution in [2.24, 2.45) is 5.92 Å². The fourth-order valence-electron chi connectivity index (χ4n) is 2.97. The minimum Gasteiger partial charge on any atom is -0.468 e. The normalized spacial score (nSPS) is 17.7. The minimum absolute atomic E-state index is 0.0732. The van der Waals surface area contributed by atoms with Crippen LogP contribution in [0.25, 0.3) is 0 Å². The number of carbonyl (C=O) groups is 1. The predicted octanol–water partition coefficient (Wildman–Crippen LogP) is 3.47. The fraction of sp³-hybridized carbons (Fsp3) is 0.588. The third-order valence-corrected chi connectivity index (χ3v) is 4.89. The maximum Gasteiger partial charge on any atom is 0.244 e. The van der Waals surface area contributed by atoms with Crippen LogP contribution in [0.2, 0.25) is 0 Å². The molecule has 1 heterocycles. The van der Waals surface area contributed by atoms with Gasteiger partial charge in [0, 0.05) is 18.7 Å². The third kappa shape index (κ3) is 5.89. The Balaban J connectivity index is 1.74. The van der Waals surface area contributed by atoms with Crippen LogP contribution >= 0.6 is 11.8 Å². The number of hydrogen-bond acceptors (Lipinski definition) is 4. The molecule has 0 spiro atoms. The van der Waals surface area contributed by atoms with Gasteiger partial charge in [0.15, 0.2) is 0 Å². The lowest BCUT2D eigenvalue weighted by atomic mass is 9.83. The van der Waals surface area contributed by atoms with E-state index >= 15 is 0 Å². The molecule has 2 rings (SSSR count). The van der Waals surface area contributed by atoms with Gasteiger partial charge in [0.05, 0.1) is 12.0 Å². The van der Waals surface area contributed by atoms with E-state index in [1.54, 1.807) is 17.7 Å². The van der Waals surface area contributed by atoms with Crippen molar-refractivity contribution in [3.05, 3.63) is 35.6 Å². The molecule has 4 nitrogen and oxygen atoms in total. The second-order valence-electron chi connectivity index (χ2n) is 5.72. The summed E-state index contributed by atoms with van der Waals surface area (Å²) in [6, 6.07) is 3.87. The first-order valence-corrected chi connectivity index (χ1v) is 9.06. The van der Waals surface area contributed by atoms with Crippen molar-refractivity contribution in [2.45, 2.75) is 50.3 Å². The Hall–Kier alpha value is -1.20. The van der Waals surface area contributed by atoms with Gasteiger partial charge in [0.25, 0.3) is 0 Å². The van der Waals surface area contributed by atoms with Crippen LogP contribution in [-0.4, -0.2) is 23.7 Å². The molecule has 0 saturated heterocycles. The molecule has 122 valence electrons. The molecule has 1 aliphatic rings. The molecular weight excluding hydrogens is 298 g/mol. The Bertz CT molecular complexity index is 452. The Morgan fingerprint density at radius 2 is 2.27 bits per heavy atom. The number of furan rings is 1. The highest BCUT2D eigenvalue weighted by Gasteiger charge is 2.23. The molecule has 0 bridgehead atoms. The number of carbonyl (C=O) groups excluding carboxylic acids is 1. The van der Waals surface area contributed by atoms with Crippen LogP contribution in [0.4, 0.5) is 0 Å². The molecule has 1 aliphatic carbocycles. The van der Waals surface area contributed by atoms with Crippen molar-refractivity contribution in [2.75, 3.05) is 6.61 Å². The van der Waals surface area contributed by atoms with Crippen LogP contribution in [0.15, 0.2) is 34.3 Å². The number of thioether (sulfide) groups is 1. The number of aliphatic hydroxyl groups is 1. The van der Waals surface area contributed by atoms with E-state index in [-0.39, 0.29) is 18.6 Å². The van der Waals surface area contributed by atoms with Gasteiger partial charge < -0.3 is 14.8 Å². The summed E-state index contributed by atoms with van der Waals surface area (Å²) in [6.45, 7) is 0.123. The van der Waals surface area contributed by atoms with Crippen LogP contribution in [0.5, 0.6) is 0 Å². The molecule has 1 aromatic rings. The van der Waals surface area contributed by atoms with E-state index in [1.807, 2.05) is 12.1 Å². The molecule has 0 aromatic carbocycles. The molecule has 2 N–H and O–H groups in total.